The van der Waals surface area contributed by atoms with Crippen LogP contribution in [0.3, 0.4) is 0 Å². The third-order valence-electron chi connectivity index (χ3n) is 2.72. The molecule has 1 N–H and O–H groups in total. The molecule has 2 heterocycles. The zero-order valence-corrected chi connectivity index (χ0v) is 10.6. The molecule has 0 radical (unpaired) electrons. The maximum absolute atomic E-state index is 13.8. The number of nitrogens with one attached hydrogen (secondary N) is 1. The fourth-order valence-corrected chi connectivity index (χ4v) is 1.86. The van der Waals surface area contributed by atoms with Gasteiger partial charge < -0.3 is 5.32 Å². The van der Waals surface area contributed by atoms with Gasteiger partial charge in [-0.3, -0.25) is 9.67 Å². The number of nitrogens with zero attached hydrogens (tertiary/aromatic N) is 3. The quantitative estimate of drug-likeness (QED) is 0.880. The second-order valence-electron chi connectivity index (χ2n) is 4.20. The van der Waals surface area contributed by atoms with E-state index in [9.17, 15) is 4.39 Å². The van der Waals surface area contributed by atoms with Gasteiger partial charge >= 0.3 is 0 Å². The van der Waals surface area contributed by atoms with E-state index in [2.05, 4.69) is 22.3 Å². The normalized spacial score (nSPS) is 12.6. The Labute approximate surface area is 106 Å². The van der Waals surface area contributed by atoms with Crippen molar-refractivity contribution in [1.29, 1.82) is 0 Å². The summed E-state index contributed by atoms with van der Waals surface area (Å²) in [5.74, 6) is -0.296. The highest BCUT2D eigenvalue weighted by molar-refractivity contribution is 5.24. The second kappa shape index (κ2) is 5.73. The molecule has 0 aromatic carbocycles. The lowest BCUT2D eigenvalue weighted by Crippen LogP contribution is -2.24. The van der Waals surface area contributed by atoms with Crippen molar-refractivity contribution < 1.29 is 4.39 Å². The first-order valence-corrected chi connectivity index (χ1v) is 6.04. The average molecular weight is 248 g/mol. The largest absolute Gasteiger partial charge is 0.305 e. The predicted molar refractivity (Wildman–Crippen MR) is 67.5 cm³/mol. The first-order chi connectivity index (χ1) is 8.72. The summed E-state index contributed by atoms with van der Waals surface area (Å²) in [4.78, 5) is 4.14. The highest BCUT2D eigenvalue weighted by Crippen LogP contribution is 2.21. The zero-order chi connectivity index (χ0) is 13.0. The van der Waals surface area contributed by atoms with Crippen molar-refractivity contribution in [3.63, 3.8) is 0 Å². The molecular weight excluding hydrogens is 231 g/mol. The zero-order valence-electron chi connectivity index (χ0n) is 10.6. The van der Waals surface area contributed by atoms with Crippen LogP contribution < -0.4 is 5.32 Å². The van der Waals surface area contributed by atoms with Gasteiger partial charge in [0.15, 0.2) is 0 Å². The Morgan fingerprint density at radius 2 is 2.33 bits per heavy atom. The first-order valence-electron chi connectivity index (χ1n) is 6.04. The molecule has 0 aliphatic rings. The second-order valence-corrected chi connectivity index (χ2v) is 4.20. The number of rotatable bonds is 5. The number of pyridine rings is 1. The van der Waals surface area contributed by atoms with E-state index in [4.69, 9.17) is 0 Å². The van der Waals surface area contributed by atoms with Crippen molar-refractivity contribution in [3.8, 4) is 0 Å². The maximum atomic E-state index is 13.8. The molecule has 4 nitrogen and oxygen atoms in total. The number of aromatic nitrogens is 3. The Morgan fingerprint density at radius 1 is 1.50 bits per heavy atom. The van der Waals surface area contributed by atoms with Crippen molar-refractivity contribution in [2.45, 2.75) is 19.4 Å². The lowest BCUT2D eigenvalue weighted by Gasteiger charge is -2.16. The SMILES string of the molecule is CCCNC(c1cnn(C)c1)c1ncccc1F. The van der Waals surface area contributed by atoms with Crippen LogP contribution in [0.1, 0.15) is 30.6 Å². The summed E-state index contributed by atoms with van der Waals surface area (Å²) < 4.78 is 15.5. The number of hydrogen-bond donors (Lipinski definition) is 1. The lowest BCUT2D eigenvalue weighted by molar-refractivity contribution is 0.531. The van der Waals surface area contributed by atoms with Gasteiger partial charge in [-0.2, -0.15) is 5.10 Å². The fourth-order valence-electron chi connectivity index (χ4n) is 1.86. The Morgan fingerprint density at radius 3 is 2.94 bits per heavy atom. The van der Waals surface area contributed by atoms with Crippen LogP contribution in [0.5, 0.6) is 0 Å². The van der Waals surface area contributed by atoms with Gasteiger partial charge in [0, 0.05) is 25.0 Å². The van der Waals surface area contributed by atoms with Gasteiger partial charge in [0.1, 0.15) is 5.82 Å². The van der Waals surface area contributed by atoms with E-state index in [0.717, 1.165) is 18.5 Å². The average Bonchev–Trinajstić information content (AvgIpc) is 2.78. The van der Waals surface area contributed by atoms with Crippen molar-refractivity contribution in [2.24, 2.45) is 7.05 Å². The minimum absolute atomic E-state index is 0.250. The van der Waals surface area contributed by atoms with Crippen LogP contribution in [-0.2, 0) is 7.05 Å². The van der Waals surface area contributed by atoms with E-state index in [1.807, 2.05) is 13.2 Å². The topological polar surface area (TPSA) is 42.7 Å². The van der Waals surface area contributed by atoms with Crippen LogP contribution in [0.4, 0.5) is 4.39 Å². The maximum Gasteiger partial charge on any atom is 0.146 e. The fraction of sp³-hybridized carbons (Fsp3) is 0.385. The first kappa shape index (κ1) is 12.7. The summed E-state index contributed by atoms with van der Waals surface area (Å²) >= 11 is 0. The predicted octanol–water partition coefficient (Wildman–Crippen LogP) is 2.04. The minimum Gasteiger partial charge on any atom is -0.305 e. The smallest absolute Gasteiger partial charge is 0.146 e. The molecule has 2 aromatic heterocycles. The summed E-state index contributed by atoms with van der Waals surface area (Å²) in [5.41, 5.74) is 1.34. The van der Waals surface area contributed by atoms with E-state index in [1.54, 1.807) is 23.1 Å². The molecule has 5 heteroatoms. The third kappa shape index (κ3) is 2.73. The van der Waals surface area contributed by atoms with Gasteiger partial charge in [-0.25, -0.2) is 4.39 Å². The van der Waals surface area contributed by atoms with Gasteiger partial charge in [-0.05, 0) is 25.1 Å². The number of aryl methyl sites for hydroxylation is 1. The van der Waals surface area contributed by atoms with Crippen LogP contribution in [-0.4, -0.2) is 21.3 Å². The van der Waals surface area contributed by atoms with Crippen LogP contribution in [0.15, 0.2) is 30.7 Å². The molecule has 0 saturated carbocycles. The Balaban J connectivity index is 2.33. The summed E-state index contributed by atoms with van der Waals surface area (Å²) in [6.07, 6.45) is 6.20. The van der Waals surface area contributed by atoms with Crippen molar-refractivity contribution in [2.75, 3.05) is 6.54 Å². The molecule has 0 spiro atoms. The van der Waals surface area contributed by atoms with Crippen molar-refractivity contribution >= 4 is 0 Å². The third-order valence-corrected chi connectivity index (χ3v) is 2.72. The Hall–Kier alpha value is -1.75. The molecule has 0 fully saturated rings. The minimum atomic E-state index is -0.296. The Kier molecular flexibility index (Phi) is 4.04. The van der Waals surface area contributed by atoms with E-state index in [1.165, 1.54) is 6.07 Å². The summed E-state index contributed by atoms with van der Waals surface area (Å²) in [7, 11) is 1.84. The van der Waals surface area contributed by atoms with Gasteiger partial charge in [0.2, 0.25) is 0 Å². The molecule has 2 aromatic rings. The molecule has 0 aliphatic carbocycles. The lowest BCUT2D eigenvalue weighted by atomic mass is 10.1. The standard InChI is InChI=1S/C13H17FN4/c1-3-6-15-12(10-8-17-18(2)9-10)13-11(14)5-4-7-16-13/h4-5,7-9,12,15H,3,6H2,1-2H3. The van der Waals surface area contributed by atoms with Crippen LogP contribution >= 0.6 is 0 Å². The molecule has 0 amide bonds. The van der Waals surface area contributed by atoms with Gasteiger partial charge in [-0.15, -0.1) is 0 Å². The molecule has 0 aliphatic heterocycles. The number of hydrogen-bond acceptors (Lipinski definition) is 3. The van der Waals surface area contributed by atoms with Gasteiger partial charge in [-0.1, -0.05) is 6.92 Å². The number of halogens is 1. The summed E-state index contributed by atoms with van der Waals surface area (Å²) in [6.45, 7) is 2.87. The highest BCUT2D eigenvalue weighted by atomic mass is 19.1. The molecule has 96 valence electrons. The van der Waals surface area contributed by atoms with E-state index < -0.39 is 0 Å². The van der Waals surface area contributed by atoms with Crippen LogP contribution in [0.2, 0.25) is 0 Å². The van der Waals surface area contributed by atoms with Crippen LogP contribution in [0, 0.1) is 5.82 Å². The summed E-state index contributed by atoms with van der Waals surface area (Å²) in [6, 6.07) is 2.78. The summed E-state index contributed by atoms with van der Waals surface area (Å²) in [5, 5.41) is 7.43. The van der Waals surface area contributed by atoms with Crippen molar-refractivity contribution in [3.05, 3.63) is 47.8 Å². The van der Waals surface area contributed by atoms with E-state index in [-0.39, 0.29) is 11.9 Å². The van der Waals surface area contributed by atoms with Crippen LogP contribution in [0.25, 0.3) is 0 Å². The van der Waals surface area contributed by atoms with Gasteiger partial charge in [0.05, 0.1) is 17.9 Å². The molecule has 1 unspecified atom stereocenters. The highest BCUT2D eigenvalue weighted by Gasteiger charge is 2.19. The van der Waals surface area contributed by atoms with Crippen molar-refractivity contribution in [1.82, 2.24) is 20.1 Å². The van der Waals surface area contributed by atoms with Gasteiger partial charge in [0.25, 0.3) is 0 Å². The monoisotopic (exact) mass is 248 g/mol. The van der Waals surface area contributed by atoms with E-state index >= 15 is 0 Å². The van der Waals surface area contributed by atoms with E-state index in [0.29, 0.717) is 5.69 Å². The Bertz CT molecular complexity index is 509. The molecule has 2 rings (SSSR count). The molecule has 0 saturated heterocycles. The molecule has 18 heavy (non-hydrogen) atoms. The molecule has 0 bridgehead atoms. The molecule has 1 atom stereocenters. The molecular formula is C13H17FN4.